The molecule has 0 aliphatic heterocycles. The molecule has 0 saturated heterocycles. The lowest BCUT2D eigenvalue weighted by Crippen LogP contribution is -2.43. The van der Waals surface area contributed by atoms with E-state index in [0.29, 0.717) is 23.6 Å². The Morgan fingerprint density at radius 1 is 1.20 bits per heavy atom. The number of primary amides is 1. The number of fused-ring (bicyclic) bond motifs is 1. The third kappa shape index (κ3) is 6.38. The number of benzene rings is 2. The van der Waals surface area contributed by atoms with Crippen LogP contribution in [0.15, 0.2) is 36.5 Å². The van der Waals surface area contributed by atoms with Crippen molar-refractivity contribution in [3.05, 3.63) is 70.0 Å². The van der Waals surface area contributed by atoms with E-state index in [2.05, 4.69) is 15.4 Å². The van der Waals surface area contributed by atoms with Crippen molar-refractivity contribution in [3.63, 3.8) is 0 Å². The Balaban J connectivity index is 1.56. The van der Waals surface area contributed by atoms with Crippen LogP contribution in [0, 0.1) is 17.6 Å². The van der Waals surface area contributed by atoms with Gasteiger partial charge in [0.25, 0.3) is 5.91 Å². The molecule has 2 heterocycles. The van der Waals surface area contributed by atoms with Crippen LogP contribution in [0.25, 0.3) is 22.2 Å². The van der Waals surface area contributed by atoms with Crippen LogP contribution in [-0.2, 0) is 16.8 Å². The predicted molar refractivity (Wildman–Crippen MR) is 155 cm³/mol. The SMILES string of the molecule is CCOc1c(CC(N)=O)cc([C@@](O)(CNC(=O)c2cc(OC)c3nn(C(F)F)cc3c2)C2CC2)nc1-c1cc(Cl)c(F)cc1F. The molecule has 0 bridgehead atoms. The van der Waals surface area contributed by atoms with Crippen LogP contribution in [-0.4, -0.2) is 51.9 Å². The van der Waals surface area contributed by atoms with Crippen LogP contribution >= 0.6 is 11.6 Å². The van der Waals surface area contributed by atoms with Gasteiger partial charge in [0, 0.05) is 34.3 Å². The number of alkyl halides is 2. The molecule has 45 heavy (non-hydrogen) atoms. The first-order valence-corrected chi connectivity index (χ1v) is 14.2. The topological polar surface area (TPSA) is 142 Å². The van der Waals surface area contributed by atoms with E-state index in [1.807, 2.05) is 0 Å². The number of amides is 2. The van der Waals surface area contributed by atoms with Crippen molar-refractivity contribution in [1.29, 1.82) is 0 Å². The average Bonchev–Trinajstić information content (AvgIpc) is 3.76. The normalized spacial score (nSPS) is 14.4. The van der Waals surface area contributed by atoms with E-state index in [0.717, 1.165) is 12.3 Å². The van der Waals surface area contributed by atoms with Crippen molar-refractivity contribution in [2.45, 2.75) is 38.3 Å². The molecule has 4 aromatic rings. The molecule has 1 aliphatic rings. The van der Waals surface area contributed by atoms with Crippen molar-refractivity contribution in [3.8, 4) is 22.8 Å². The summed E-state index contributed by atoms with van der Waals surface area (Å²) in [5.41, 5.74) is 3.60. The molecule has 0 radical (unpaired) electrons. The molecule has 238 valence electrons. The standard InChI is InChI=1S/C30H28ClF4N5O5/c1-3-45-27-14(9-24(36)41)8-23(38-26(27)18-10-19(31)21(33)11-20(18)32)30(43,17-4-5-17)13-37-28(42)15-6-16-12-40(29(34)35)39-25(16)22(7-15)44-2/h6-8,10-12,17,29,43H,3-5,9,13H2,1-2H3,(H2,36,41)(H,37,42)/t30-/m1/s1. The number of nitrogens with one attached hydrogen (secondary N) is 1. The largest absolute Gasteiger partial charge is 0.494 e. The van der Waals surface area contributed by atoms with Crippen molar-refractivity contribution in [2.75, 3.05) is 20.3 Å². The number of carbonyl (C=O) groups excluding carboxylic acids is 2. The Kier molecular flexibility index (Phi) is 8.90. The summed E-state index contributed by atoms with van der Waals surface area (Å²) in [6, 6.07) is 5.69. The summed E-state index contributed by atoms with van der Waals surface area (Å²) in [6.45, 7) is -1.54. The van der Waals surface area contributed by atoms with Crippen LogP contribution in [0.1, 0.15) is 47.9 Å². The lowest BCUT2D eigenvalue weighted by molar-refractivity contribution is -0.117. The first-order chi connectivity index (χ1) is 21.4. The fourth-order valence-electron chi connectivity index (χ4n) is 5.15. The number of aromatic nitrogens is 3. The third-order valence-corrected chi connectivity index (χ3v) is 7.75. The minimum absolute atomic E-state index is 0.00597. The Bertz CT molecular complexity index is 1800. The first kappa shape index (κ1) is 32.0. The number of hydrogen-bond donors (Lipinski definition) is 3. The molecular weight excluding hydrogens is 622 g/mol. The smallest absolute Gasteiger partial charge is 0.333 e. The summed E-state index contributed by atoms with van der Waals surface area (Å²) >= 11 is 5.96. The zero-order valence-electron chi connectivity index (χ0n) is 24.0. The number of nitrogens with two attached hydrogens (primary N) is 1. The van der Waals surface area contributed by atoms with Gasteiger partial charge >= 0.3 is 6.55 Å². The van der Waals surface area contributed by atoms with Crippen LogP contribution in [0.5, 0.6) is 11.5 Å². The molecule has 1 fully saturated rings. The number of pyridine rings is 1. The van der Waals surface area contributed by atoms with Crippen molar-refractivity contribution in [2.24, 2.45) is 11.7 Å². The number of methoxy groups -OCH3 is 1. The maximum atomic E-state index is 15.1. The van der Waals surface area contributed by atoms with Crippen molar-refractivity contribution >= 4 is 34.3 Å². The lowest BCUT2D eigenvalue weighted by atomic mass is 9.90. The fraction of sp³-hybridized carbons (Fsp3) is 0.333. The highest BCUT2D eigenvalue weighted by Gasteiger charge is 2.47. The number of aliphatic hydroxyl groups is 1. The quantitative estimate of drug-likeness (QED) is 0.147. The second-order valence-electron chi connectivity index (χ2n) is 10.6. The third-order valence-electron chi connectivity index (χ3n) is 7.46. The van der Waals surface area contributed by atoms with E-state index < -0.39 is 40.6 Å². The van der Waals surface area contributed by atoms with Gasteiger partial charge in [-0.15, -0.1) is 0 Å². The van der Waals surface area contributed by atoms with E-state index >= 15 is 4.39 Å². The molecule has 1 aliphatic carbocycles. The second kappa shape index (κ2) is 12.5. The van der Waals surface area contributed by atoms with Gasteiger partial charge in [-0.2, -0.15) is 13.9 Å². The zero-order chi connectivity index (χ0) is 32.6. The van der Waals surface area contributed by atoms with Gasteiger partial charge < -0.3 is 25.6 Å². The molecule has 2 aromatic carbocycles. The Morgan fingerprint density at radius 2 is 1.93 bits per heavy atom. The summed E-state index contributed by atoms with van der Waals surface area (Å²) in [5.74, 6) is -3.75. The lowest BCUT2D eigenvalue weighted by Gasteiger charge is -2.30. The molecule has 5 rings (SSSR count). The summed E-state index contributed by atoms with van der Waals surface area (Å²) in [4.78, 5) is 29.9. The van der Waals surface area contributed by atoms with Gasteiger partial charge in [-0.3, -0.25) is 9.59 Å². The van der Waals surface area contributed by atoms with Gasteiger partial charge in [-0.05, 0) is 49.9 Å². The van der Waals surface area contributed by atoms with Crippen LogP contribution in [0.3, 0.4) is 0 Å². The van der Waals surface area contributed by atoms with Crippen molar-refractivity contribution < 1.29 is 41.7 Å². The first-order valence-electron chi connectivity index (χ1n) is 13.8. The van der Waals surface area contributed by atoms with Gasteiger partial charge in [0.15, 0.2) is 0 Å². The summed E-state index contributed by atoms with van der Waals surface area (Å²) in [5, 5.41) is 18.3. The highest BCUT2D eigenvalue weighted by atomic mass is 35.5. The molecule has 2 amide bonds. The van der Waals surface area contributed by atoms with E-state index in [1.165, 1.54) is 25.3 Å². The Morgan fingerprint density at radius 3 is 2.56 bits per heavy atom. The average molecular weight is 650 g/mol. The van der Waals surface area contributed by atoms with Gasteiger partial charge in [0.2, 0.25) is 5.91 Å². The highest BCUT2D eigenvalue weighted by Crippen LogP contribution is 2.47. The highest BCUT2D eigenvalue weighted by molar-refractivity contribution is 6.31. The van der Waals surface area contributed by atoms with Crippen LogP contribution in [0.2, 0.25) is 5.02 Å². The minimum Gasteiger partial charge on any atom is -0.494 e. The number of rotatable bonds is 12. The predicted octanol–water partition coefficient (Wildman–Crippen LogP) is 4.89. The van der Waals surface area contributed by atoms with Gasteiger partial charge in [0.1, 0.15) is 39.9 Å². The molecule has 0 spiro atoms. The Hall–Kier alpha value is -4.43. The second-order valence-corrected chi connectivity index (χ2v) is 11.0. The summed E-state index contributed by atoms with van der Waals surface area (Å²) in [7, 11) is 1.31. The maximum absolute atomic E-state index is 15.1. The van der Waals surface area contributed by atoms with Crippen molar-refractivity contribution in [1.82, 2.24) is 20.1 Å². The molecule has 15 heteroatoms. The van der Waals surface area contributed by atoms with Gasteiger partial charge in [0.05, 0.1) is 37.4 Å². The monoisotopic (exact) mass is 649 g/mol. The molecule has 1 atom stereocenters. The van der Waals surface area contributed by atoms with E-state index in [1.54, 1.807) is 6.92 Å². The molecule has 10 nitrogen and oxygen atoms in total. The van der Waals surface area contributed by atoms with Gasteiger partial charge in [-0.1, -0.05) is 11.6 Å². The van der Waals surface area contributed by atoms with E-state index in [9.17, 15) is 27.9 Å². The molecule has 1 saturated carbocycles. The van der Waals surface area contributed by atoms with Crippen LogP contribution in [0.4, 0.5) is 17.6 Å². The van der Waals surface area contributed by atoms with E-state index in [4.69, 9.17) is 26.8 Å². The number of nitrogens with zero attached hydrogens (tertiary/aromatic N) is 3. The summed E-state index contributed by atoms with van der Waals surface area (Å²) in [6.07, 6.45) is 1.83. The van der Waals surface area contributed by atoms with Gasteiger partial charge in [-0.25, -0.2) is 18.4 Å². The van der Waals surface area contributed by atoms with Crippen LogP contribution < -0.4 is 20.5 Å². The molecule has 2 aromatic heterocycles. The number of halogens is 5. The number of ether oxygens (including phenoxy) is 2. The fourth-order valence-corrected chi connectivity index (χ4v) is 5.31. The summed E-state index contributed by atoms with van der Waals surface area (Å²) < 4.78 is 67.0. The zero-order valence-corrected chi connectivity index (χ0v) is 24.8. The number of hydrogen-bond acceptors (Lipinski definition) is 7. The molecular formula is C30H28ClF4N5O5. The van der Waals surface area contributed by atoms with E-state index in [-0.39, 0.29) is 76.0 Å². The number of carbonyl (C=O) groups is 2. The minimum atomic E-state index is -2.90. The molecule has 4 N–H and O–H groups in total. The maximum Gasteiger partial charge on any atom is 0.333 e. The molecule has 0 unspecified atom stereocenters. The Labute approximate surface area is 259 Å².